The minimum atomic E-state index is 0.346. The quantitative estimate of drug-likeness (QED) is 0.871. The molecule has 0 amide bonds. The first-order valence-electron chi connectivity index (χ1n) is 6.98. The molecule has 0 spiro atoms. The summed E-state index contributed by atoms with van der Waals surface area (Å²) in [5, 5.41) is 3.61. The third kappa shape index (κ3) is 3.81. The zero-order valence-electron chi connectivity index (χ0n) is 12.3. The number of ether oxygens (including phenoxy) is 1. The van der Waals surface area contributed by atoms with Crippen LogP contribution in [0.3, 0.4) is 0 Å². The molecule has 0 saturated heterocycles. The van der Waals surface area contributed by atoms with Crippen molar-refractivity contribution in [2.75, 3.05) is 7.11 Å². The molecular formula is C17H22N2O. The van der Waals surface area contributed by atoms with Crippen molar-refractivity contribution in [2.24, 2.45) is 5.92 Å². The third-order valence-electron chi connectivity index (χ3n) is 3.36. The van der Waals surface area contributed by atoms with Crippen LogP contribution in [0, 0.1) is 5.92 Å². The summed E-state index contributed by atoms with van der Waals surface area (Å²) in [6, 6.07) is 14.8. The molecule has 20 heavy (non-hydrogen) atoms. The minimum absolute atomic E-state index is 0.346. The Bertz CT molecular complexity index is 508. The second-order valence-electron chi connectivity index (χ2n) is 5.22. The highest BCUT2D eigenvalue weighted by Gasteiger charge is 2.14. The number of methoxy groups -OCH3 is 1. The number of aromatic nitrogens is 1. The van der Waals surface area contributed by atoms with Crippen LogP contribution in [0.25, 0.3) is 0 Å². The molecule has 0 bridgehead atoms. The Balaban J connectivity index is 2.02. The van der Waals surface area contributed by atoms with E-state index in [1.807, 2.05) is 24.4 Å². The van der Waals surface area contributed by atoms with E-state index in [0.717, 1.165) is 12.1 Å². The van der Waals surface area contributed by atoms with Crippen LogP contribution < -0.4 is 10.1 Å². The highest BCUT2D eigenvalue weighted by Crippen LogP contribution is 2.21. The van der Waals surface area contributed by atoms with Crippen LogP contribution in [0.2, 0.25) is 0 Å². The molecule has 0 aliphatic heterocycles. The van der Waals surface area contributed by atoms with Crippen LogP contribution in [0.1, 0.15) is 31.0 Å². The molecule has 106 valence electrons. The van der Waals surface area contributed by atoms with Crippen molar-refractivity contribution in [2.45, 2.75) is 26.4 Å². The van der Waals surface area contributed by atoms with Gasteiger partial charge in [-0.15, -0.1) is 0 Å². The molecule has 1 heterocycles. The van der Waals surface area contributed by atoms with E-state index in [9.17, 15) is 0 Å². The second kappa shape index (κ2) is 7.06. The molecular weight excluding hydrogens is 248 g/mol. The standard InChI is InChI=1S/C17H22N2O/c1-13(2)17(15-7-5-4-6-8-15)19-12-14-9-10-16(20-3)18-11-14/h4-11,13,17,19H,12H2,1-3H3. The largest absolute Gasteiger partial charge is 0.481 e. The predicted octanol–water partition coefficient (Wildman–Crippen LogP) is 3.58. The normalized spacial score (nSPS) is 12.4. The lowest BCUT2D eigenvalue weighted by molar-refractivity contribution is 0.395. The highest BCUT2D eigenvalue weighted by molar-refractivity contribution is 5.21. The van der Waals surface area contributed by atoms with Crippen LogP contribution >= 0.6 is 0 Å². The van der Waals surface area contributed by atoms with Crippen molar-refractivity contribution >= 4 is 0 Å². The maximum atomic E-state index is 5.07. The van der Waals surface area contributed by atoms with Gasteiger partial charge in [-0.3, -0.25) is 0 Å². The van der Waals surface area contributed by atoms with Crippen molar-refractivity contribution < 1.29 is 4.74 Å². The summed E-state index contributed by atoms with van der Waals surface area (Å²) in [5.41, 5.74) is 2.48. The van der Waals surface area contributed by atoms with Crippen molar-refractivity contribution in [3.8, 4) is 5.88 Å². The summed E-state index contributed by atoms with van der Waals surface area (Å²) < 4.78 is 5.07. The van der Waals surface area contributed by atoms with Gasteiger partial charge in [-0.25, -0.2) is 4.98 Å². The SMILES string of the molecule is COc1ccc(CNC(c2ccccc2)C(C)C)cn1. The van der Waals surface area contributed by atoms with Crippen molar-refractivity contribution in [1.29, 1.82) is 0 Å². The molecule has 0 fully saturated rings. The Morgan fingerprint density at radius 1 is 1.10 bits per heavy atom. The lowest BCUT2D eigenvalue weighted by Crippen LogP contribution is -2.25. The van der Waals surface area contributed by atoms with E-state index in [0.29, 0.717) is 17.8 Å². The molecule has 1 unspecified atom stereocenters. The lowest BCUT2D eigenvalue weighted by atomic mass is 9.96. The van der Waals surface area contributed by atoms with Crippen LogP contribution in [0.5, 0.6) is 5.88 Å². The van der Waals surface area contributed by atoms with Gasteiger partial charge in [-0.05, 0) is 17.0 Å². The molecule has 0 radical (unpaired) electrons. The predicted molar refractivity (Wildman–Crippen MR) is 81.6 cm³/mol. The van der Waals surface area contributed by atoms with Crippen LogP contribution in [-0.4, -0.2) is 12.1 Å². The van der Waals surface area contributed by atoms with E-state index in [1.54, 1.807) is 7.11 Å². The number of nitrogens with zero attached hydrogens (tertiary/aromatic N) is 1. The summed E-state index contributed by atoms with van der Waals surface area (Å²) >= 11 is 0. The molecule has 2 aromatic rings. The molecule has 3 nitrogen and oxygen atoms in total. The van der Waals surface area contributed by atoms with Gasteiger partial charge < -0.3 is 10.1 Å². The zero-order valence-corrected chi connectivity index (χ0v) is 12.3. The third-order valence-corrected chi connectivity index (χ3v) is 3.36. The van der Waals surface area contributed by atoms with Gasteiger partial charge in [0.25, 0.3) is 0 Å². The fourth-order valence-electron chi connectivity index (χ4n) is 2.26. The topological polar surface area (TPSA) is 34.1 Å². The summed E-state index contributed by atoms with van der Waals surface area (Å²) in [4.78, 5) is 4.23. The molecule has 1 atom stereocenters. The summed E-state index contributed by atoms with van der Waals surface area (Å²) in [6.45, 7) is 5.27. The molecule has 1 N–H and O–H groups in total. The molecule has 0 aliphatic carbocycles. The number of rotatable bonds is 6. The van der Waals surface area contributed by atoms with E-state index in [-0.39, 0.29) is 0 Å². The Morgan fingerprint density at radius 2 is 1.85 bits per heavy atom. The Labute approximate surface area is 121 Å². The monoisotopic (exact) mass is 270 g/mol. The summed E-state index contributed by atoms with van der Waals surface area (Å²) in [7, 11) is 1.63. The van der Waals surface area contributed by atoms with Gasteiger partial charge in [0.2, 0.25) is 5.88 Å². The molecule has 3 heteroatoms. The fraction of sp³-hybridized carbons (Fsp3) is 0.353. The molecule has 0 saturated carbocycles. The van der Waals surface area contributed by atoms with Gasteiger partial charge in [0.05, 0.1) is 7.11 Å². The number of nitrogens with one attached hydrogen (secondary N) is 1. The average molecular weight is 270 g/mol. The maximum Gasteiger partial charge on any atom is 0.212 e. The van der Waals surface area contributed by atoms with Crippen LogP contribution in [-0.2, 0) is 6.54 Å². The number of hydrogen-bond donors (Lipinski definition) is 1. The van der Waals surface area contributed by atoms with E-state index in [4.69, 9.17) is 4.74 Å². The number of pyridine rings is 1. The van der Waals surface area contributed by atoms with Crippen molar-refractivity contribution in [1.82, 2.24) is 10.3 Å². The number of hydrogen-bond acceptors (Lipinski definition) is 3. The lowest BCUT2D eigenvalue weighted by Gasteiger charge is -2.23. The first kappa shape index (κ1) is 14.5. The van der Waals surface area contributed by atoms with Crippen molar-refractivity contribution in [3.63, 3.8) is 0 Å². The molecule has 1 aromatic carbocycles. The summed E-state index contributed by atoms with van der Waals surface area (Å²) in [5.74, 6) is 1.18. The van der Waals surface area contributed by atoms with E-state index in [1.165, 1.54) is 5.56 Å². The van der Waals surface area contributed by atoms with Gasteiger partial charge in [-0.2, -0.15) is 0 Å². The second-order valence-corrected chi connectivity index (χ2v) is 5.22. The molecule has 1 aromatic heterocycles. The van der Waals surface area contributed by atoms with Crippen LogP contribution in [0.15, 0.2) is 48.7 Å². The Morgan fingerprint density at radius 3 is 2.40 bits per heavy atom. The molecule has 0 aliphatic rings. The average Bonchev–Trinajstić information content (AvgIpc) is 2.49. The van der Waals surface area contributed by atoms with Gasteiger partial charge in [0.15, 0.2) is 0 Å². The highest BCUT2D eigenvalue weighted by atomic mass is 16.5. The van der Waals surface area contributed by atoms with Gasteiger partial charge >= 0.3 is 0 Å². The fourth-order valence-corrected chi connectivity index (χ4v) is 2.26. The van der Waals surface area contributed by atoms with E-state index < -0.39 is 0 Å². The van der Waals surface area contributed by atoms with Gasteiger partial charge in [-0.1, -0.05) is 50.2 Å². The minimum Gasteiger partial charge on any atom is -0.481 e. The van der Waals surface area contributed by atoms with Gasteiger partial charge in [0, 0.05) is 24.8 Å². The number of benzene rings is 1. The van der Waals surface area contributed by atoms with Crippen LogP contribution in [0.4, 0.5) is 0 Å². The first-order valence-corrected chi connectivity index (χ1v) is 6.98. The molecule has 2 rings (SSSR count). The van der Waals surface area contributed by atoms with Gasteiger partial charge in [0.1, 0.15) is 0 Å². The zero-order chi connectivity index (χ0) is 14.4. The van der Waals surface area contributed by atoms with E-state index in [2.05, 4.69) is 48.4 Å². The smallest absolute Gasteiger partial charge is 0.212 e. The Kier molecular flexibility index (Phi) is 5.13. The first-order chi connectivity index (χ1) is 9.70. The van der Waals surface area contributed by atoms with E-state index >= 15 is 0 Å². The Hall–Kier alpha value is -1.87. The summed E-state index contributed by atoms with van der Waals surface area (Å²) in [6.07, 6.45) is 1.86. The maximum absolute atomic E-state index is 5.07. The van der Waals surface area contributed by atoms with Crippen molar-refractivity contribution in [3.05, 3.63) is 59.8 Å².